The molecule has 2 aromatic rings. The van der Waals surface area contributed by atoms with E-state index >= 15 is 0 Å². The lowest BCUT2D eigenvalue weighted by atomic mass is 10.2. The van der Waals surface area contributed by atoms with Gasteiger partial charge < -0.3 is 5.73 Å². The van der Waals surface area contributed by atoms with Crippen LogP contribution < -0.4 is 5.73 Å². The fourth-order valence-corrected chi connectivity index (χ4v) is 2.80. The lowest BCUT2D eigenvalue weighted by Crippen LogP contribution is -2.08. The molecule has 0 bridgehead atoms. The predicted molar refractivity (Wildman–Crippen MR) is 62.3 cm³/mol. The van der Waals surface area contributed by atoms with Gasteiger partial charge in [-0.05, 0) is 12.1 Å². The number of alkyl halides is 3. The van der Waals surface area contributed by atoms with Gasteiger partial charge in [-0.25, -0.2) is 12.9 Å². The van der Waals surface area contributed by atoms with E-state index in [1.807, 2.05) is 0 Å². The van der Waals surface area contributed by atoms with Gasteiger partial charge in [-0.1, -0.05) is 6.92 Å². The highest BCUT2D eigenvalue weighted by molar-refractivity contribution is 7.91. The van der Waals surface area contributed by atoms with Crippen molar-refractivity contribution in [3.8, 4) is 0 Å². The van der Waals surface area contributed by atoms with Crippen LogP contribution in [0.5, 0.6) is 0 Å². The molecule has 2 heterocycles. The van der Waals surface area contributed by atoms with Gasteiger partial charge in [0, 0.05) is 6.20 Å². The second-order valence-corrected chi connectivity index (χ2v) is 6.08. The van der Waals surface area contributed by atoms with Gasteiger partial charge in [0.15, 0.2) is 15.7 Å². The highest BCUT2D eigenvalue weighted by Crippen LogP contribution is 2.32. The summed E-state index contributed by atoms with van der Waals surface area (Å²) in [6, 6.07) is 1.54. The van der Waals surface area contributed by atoms with E-state index in [-0.39, 0.29) is 22.0 Å². The number of nitrogens with two attached hydrogens (primary N) is 1. The van der Waals surface area contributed by atoms with Gasteiger partial charge in [-0.2, -0.15) is 13.2 Å². The minimum Gasteiger partial charge on any atom is -0.381 e. The molecule has 104 valence electrons. The van der Waals surface area contributed by atoms with Crippen molar-refractivity contribution in [3.05, 3.63) is 23.9 Å². The first-order chi connectivity index (χ1) is 8.66. The van der Waals surface area contributed by atoms with E-state index in [0.717, 1.165) is 22.8 Å². The molecule has 0 spiro atoms. The molecule has 0 aliphatic heterocycles. The molecule has 0 fully saturated rings. The van der Waals surface area contributed by atoms with Crippen LogP contribution in [0.4, 0.5) is 19.0 Å². The molecule has 0 saturated heterocycles. The smallest absolute Gasteiger partial charge is 0.381 e. The maximum Gasteiger partial charge on any atom is 0.416 e. The van der Waals surface area contributed by atoms with E-state index in [4.69, 9.17) is 5.73 Å². The van der Waals surface area contributed by atoms with E-state index in [9.17, 15) is 21.6 Å². The summed E-state index contributed by atoms with van der Waals surface area (Å²) in [4.78, 5) is -0.360. The number of fused-ring (bicyclic) bond motifs is 1. The Bertz CT molecular complexity index is 734. The SMILES string of the molecule is CCS(=O)(=O)c1c(N)nn2ccc(C(F)(F)F)cc12. The monoisotopic (exact) mass is 293 g/mol. The molecule has 0 aliphatic carbocycles. The molecule has 2 N–H and O–H groups in total. The minimum atomic E-state index is -4.56. The van der Waals surface area contributed by atoms with E-state index < -0.39 is 21.6 Å². The molecule has 0 atom stereocenters. The Balaban J connectivity index is 2.81. The van der Waals surface area contributed by atoms with Crippen molar-refractivity contribution in [2.45, 2.75) is 18.0 Å². The van der Waals surface area contributed by atoms with E-state index in [1.54, 1.807) is 0 Å². The average Bonchev–Trinajstić information content (AvgIpc) is 2.63. The lowest BCUT2D eigenvalue weighted by Gasteiger charge is -2.07. The zero-order valence-electron chi connectivity index (χ0n) is 9.77. The Labute approximate surface area is 106 Å². The number of aromatic nitrogens is 2. The molecule has 0 aliphatic rings. The third kappa shape index (κ3) is 2.25. The number of anilines is 1. The molecule has 0 radical (unpaired) electrons. The molecule has 0 amide bonds. The highest BCUT2D eigenvalue weighted by Gasteiger charge is 2.32. The van der Waals surface area contributed by atoms with Crippen LogP contribution in [0, 0.1) is 0 Å². The number of nitrogen functional groups attached to an aromatic ring is 1. The zero-order chi connectivity index (χ0) is 14.4. The topological polar surface area (TPSA) is 77.5 Å². The first kappa shape index (κ1) is 13.7. The molecule has 0 saturated carbocycles. The average molecular weight is 293 g/mol. The summed E-state index contributed by atoms with van der Waals surface area (Å²) in [5, 5.41) is 3.70. The molecule has 2 rings (SSSR count). The highest BCUT2D eigenvalue weighted by atomic mass is 32.2. The Morgan fingerprint density at radius 3 is 2.58 bits per heavy atom. The Kier molecular flexibility index (Phi) is 2.96. The summed E-state index contributed by atoms with van der Waals surface area (Å²) in [5.41, 5.74) is 4.36. The maximum absolute atomic E-state index is 12.6. The van der Waals surface area contributed by atoms with Gasteiger partial charge in [-0.15, -0.1) is 5.10 Å². The Hall–Kier alpha value is -1.77. The largest absolute Gasteiger partial charge is 0.416 e. The molecule has 0 aromatic carbocycles. The first-order valence-electron chi connectivity index (χ1n) is 5.24. The summed E-state index contributed by atoms with van der Waals surface area (Å²) in [7, 11) is -3.75. The maximum atomic E-state index is 12.6. The Morgan fingerprint density at radius 2 is 2.05 bits per heavy atom. The quantitative estimate of drug-likeness (QED) is 0.914. The zero-order valence-corrected chi connectivity index (χ0v) is 10.6. The summed E-state index contributed by atoms with van der Waals surface area (Å²) in [5.74, 6) is -0.574. The van der Waals surface area contributed by atoms with Crippen LogP contribution in [0.3, 0.4) is 0 Å². The van der Waals surface area contributed by atoms with E-state index in [0.29, 0.717) is 0 Å². The fourth-order valence-electron chi connectivity index (χ4n) is 1.68. The molecule has 5 nitrogen and oxygen atoms in total. The van der Waals surface area contributed by atoms with Gasteiger partial charge in [0.1, 0.15) is 4.90 Å². The fraction of sp³-hybridized carbons (Fsp3) is 0.300. The van der Waals surface area contributed by atoms with Crippen LogP contribution >= 0.6 is 0 Å². The number of hydrogen-bond acceptors (Lipinski definition) is 4. The third-order valence-corrected chi connectivity index (χ3v) is 4.43. The van der Waals surface area contributed by atoms with Crippen LogP contribution in [-0.4, -0.2) is 23.8 Å². The second kappa shape index (κ2) is 4.12. The number of sulfone groups is 1. The number of nitrogens with zero attached hydrogens (tertiary/aromatic N) is 2. The molecule has 0 unspecified atom stereocenters. The van der Waals surface area contributed by atoms with Gasteiger partial charge in [-0.3, -0.25) is 0 Å². The number of rotatable bonds is 2. The van der Waals surface area contributed by atoms with Gasteiger partial charge in [0.25, 0.3) is 0 Å². The molecule has 19 heavy (non-hydrogen) atoms. The van der Waals surface area contributed by atoms with Crippen molar-refractivity contribution in [1.82, 2.24) is 9.61 Å². The van der Waals surface area contributed by atoms with E-state index in [2.05, 4.69) is 5.10 Å². The van der Waals surface area contributed by atoms with Crippen molar-refractivity contribution < 1.29 is 21.6 Å². The Morgan fingerprint density at radius 1 is 1.42 bits per heavy atom. The van der Waals surface area contributed by atoms with Crippen molar-refractivity contribution >= 4 is 21.2 Å². The number of hydrogen-bond donors (Lipinski definition) is 1. The van der Waals surface area contributed by atoms with Crippen molar-refractivity contribution in [2.24, 2.45) is 0 Å². The van der Waals surface area contributed by atoms with Crippen LogP contribution in [-0.2, 0) is 16.0 Å². The normalized spacial score (nSPS) is 13.1. The van der Waals surface area contributed by atoms with E-state index in [1.165, 1.54) is 6.92 Å². The molecular formula is C10H10F3N3O2S. The summed E-state index contributed by atoms with van der Waals surface area (Å²) >= 11 is 0. The molecule has 9 heteroatoms. The number of pyridine rings is 1. The lowest BCUT2D eigenvalue weighted by molar-refractivity contribution is -0.137. The first-order valence-corrected chi connectivity index (χ1v) is 6.90. The summed E-state index contributed by atoms with van der Waals surface area (Å²) in [6.07, 6.45) is -3.53. The van der Waals surface area contributed by atoms with Gasteiger partial charge >= 0.3 is 6.18 Å². The third-order valence-electron chi connectivity index (χ3n) is 2.63. The van der Waals surface area contributed by atoms with Gasteiger partial charge in [0.05, 0.1) is 16.8 Å². The summed E-state index contributed by atoms with van der Waals surface area (Å²) < 4.78 is 62.6. The predicted octanol–water partition coefficient (Wildman–Crippen LogP) is 1.73. The molecule has 2 aromatic heterocycles. The van der Waals surface area contributed by atoms with Crippen LogP contribution in [0.25, 0.3) is 5.52 Å². The standard InChI is InChI=1S/C10H10F3N3O2S/c1-2-19(17,18)8-7-5-6(10(11,12)13)3-4-16(7)15-9(8)14/h3-5H,2H2,1H3,(H2,14,15). The summed E-state index contributed by atoms with van der Waals surface area (Å²) in [6.45, 7) is 1.38. The minimum absolute atomic E-state index is 0.172. The van der Waals surface area contributed by atoms with Crippen LogP contribution in [0.2, 0.25) is 0 Å². The molecular weight excluding hydrogens is 283 g/mol. The van der Waals surface area contributed by atoms with Gasteiger partial charge in [0.2, 0.25) is 0 Å². The van der Waals surface area contributed by atoms with Crippen LogP contribution in [0.15, 0.2) is 23.2 Å². The second-order valence-electron chi connectivity index (χ2n) is 3.86. The van der Waals surface area contributed by atoms with Crippen molar-refractivity contribution in [1.29, 1.82) is 0 Å². The van der Waals surface area contributed by atoms with Crippen LogP contribution in [0.1, 0.15) is 12.5 Å². The van der Waals surface area contributed by atoms with Crippen molar-refractivity contribution in [2.75, 3.05) is 11.5 Å². The van der Waals surface area contributed by atoms with Crippen molar-refractivity contribution in [3.63, 3.8) is 0 Å². The number of halogens is 3.